The van der Waals surface area contributed by atoms with Crippen molar-refractivity contribution in [2.75, 3.05) is 17.2 Å². The summed E-state index contributed by atoms with van der Waals surface area (Å²) < 4.78 is 0. The number of aromatic nitrogens is 1. The van der Waals surface area contributed by atoms with E-state index in [1.807, 2.05) is 24.4 Å². The molecule has 1 spiro atoms. The molecule has 2 aromatic rings. The van der Waals surface area contributed by atoms with E-state index in [4.69, 9.17) is 0 Å². The van der Waals surface area contributed by atoms with Gasteiger partial charge in [-0.25, -0.2) is 4.98 Å². The zero-order valence-corrected chi connectivity index (χ0v) is 13.3. The van der Waals surface area contributed by atoms with E-state index >= 15 is 0 Å². The normalized spacial score (nSPS) is 24.8. The monoisotopic (exact) mass is 316 g/mol. The second kappa shape index (κ2) is 4.15. The van der Waals surface area contributed by atoms with Crippen molar-refractivity contribution in [3.05, 3.63) is 41.6 Å². The minimum absolute atomic E-state index is 0.259. The smallest absolute Gasteiger partial charge is 0.249 e. The Bertz CT molecular complexity index is 954. The molecule has 1 aliphatic carbocycles. The van der Waals surface area contributed by atoms with E-state index in [0.29, 0.717) is 0 Å². The minimum Gasteiger partial charge on any atom is -0.369 e. The van der Waals surface area contributed by atoms with Crippen molar-refractivity contribution in [3.8, 4) is 17.2 Å². The van der Waals surface area contributed by atoms with Crippen molar-refractivity contribution in [1.82, 2.24) is 4.98 Å². The van der Waals surface area contributed by atoms with E-state index < -0.39 is 5.41 Å². The maximum Gasteiger partial charge on any atom is 0.249 e. The molecular weight excluding hydrogens is 300 g/mol. The van der Waals surface area contributed by atoms with E-state index in [1.165, 1.54) is 18.4 Å². The summed E-state index contributed by atoms with van der Waals surface area (Å²) in [5, 5.41) is 15.7. The van der Waals surface area contributed by atoms with Crippen LogP contribution in [-0.2, 0) is 15.6 Å². The molecule has 0 bridgehead atoms. The summed E-state index contributed by atoms with van der Waals surface area (Å²) in [7, 11) is 0. The molecule has 1 amide bonds. The van der Waals surface area contributed by atoms with Crippen LogP contribution in [0.15, 0.2) is 30.5 Å². The molecule has 5 nitrogen and oxygen atoms in total. The Morgan fingerprint density at radius 1 is 1.21 bits per heavy atom. The Kier molecular flexibility index (Phi) is 2.34. The van der Waals surface area contributed by atoms with Crippen molar-refractivity contribution >= 4 is 17.4 Å². The molecule has 0 saturated heterocycles. The number of pyridine rings is 1. The van der Waals surface area contributed by atoms with Crippen LogP contribution in [0.3, 0.4) is 0 Å². The van der Waals surface area contributed by atoms with E-state index in [9.17, 15) is 10.1 Å². The topological polar surface area (TPSA) is 77.8 Å². The van der Waals surface area contributed by atoms with Gasteiger partial charge in [-0.1, -0.05) is 6.07 Å². The molecular formula is C19H16N4O. The summed E-state index contributed by atoms with van der Waals surface area (Å²) in [5.41, 5.74) is 3.95. The third kappa shape index (κ3) is 1.58. The summed E-state index contributed by atoms with van der Waals surface area (Å²) in [5.74, 6) is 0.737. The summed E-state index contributed by atoms with van der Waals surface area (Å²) in [4.78, 5) is 16.7. The predicted molar refractivity (Wildman–Crippen MR) is 90.7 cm³/mol. The molecule has 0 radical (unpaired) electrons. The molecule has 24 heavy (non-hydrogen) atoms. The van der Waals surface area contributed by atoms with Gasteiger partial charge in [0.05, 0.1) is 6.07 Å². The van der Waals surface area contributed by atoms with Crippen LogP contribution < -0.4 is 10.6 Å². The lowest BCUT2D eigenvalue weighted by Crippen LogP contribution is -2.28. The van der Waals surface area contributed by atoms with E-state index in [2.05, 4.69) is 27.8 Å². The molecule has 1 aromatic heterocycles. The minimum atomic E-state index is -1.13. The van der Waals surface area contributed by atoms with Crippen molar-refractivity contribution in [2.24, 2.45) is 0 Å². The number of hydrogen-bond donors (Lipinski definition) is 2. The SMILES string of the molecule is C[C@@]1(C#N)C(=O)Nc2ccc(-c3cnc4c(c3)C3(CC3)CN4)cc21. The second-order valence-corrected chi connectivity index (χ2v) is 7.21. The molecule has 1 atom stereocenters. The van der Waals surface area contributed by atoms with Gasteiger partial charge in [-0.3, -0.25) is 4.79 Å². The van der Waals surface area contributed by atoms with Gasteiger partial charge in [-0.05, 0) is 43.5 Å². The zero-order valence-electron chi connectivity index (χ0n) is 13.3. The Morgan fingerprint density at radius 3 is 2.75 bits per heavy atom. The van der Waals surface area contributed by atoms with Gasteiger partial charge >= 0.3 is 0 Å². The lowest BCUT2D eigenvalue weighted by Gasteiger charge is -2.13. The first-order valence-electron chi connectivity index (χ1n) is 8.18. The van der Waals surface area contributed by atoms with Gasteiger partial charge in [0.2, 0.25) is 5.91 Å². The molecule has 3 aliphatic rings. The maximum atomic E-state index is 12.1. The van der Waals surface area contributed by atoms with Gasteiger partial charge in [-0.2, -0.15) is 5.26 Å². The molecule has 5 heteroatoms. The number of anilines is 2. The van der Waals surface area contributed by atoms with Crippen LogP contribution in [0.5, 0.6) is 0 Å². The molecule has 1 aromatic carbocycles. The molecule has 1 saturated carbocycles. The fourth-order valence-electron chi connectivity index (χ4n) is 3.84. The number of hydrogen-bond acceptors (Lipinski definition) is 4. The highest BCUT2D eigenvalue weighted by Crippen LogP contribution is 2.54. The Hall–Kier alpha value is -2.87. The standard InChI is InChI=1S/C19H16N4O/c1-18(9-20)13-6-11(2-3-15(13)23-17(18)24)12-7-14-16(21-8-12)22-10-19(14)4-5-19/h2-3,6-8H,4-5,10H2,1H3,(H,21,22)(H,23,24)/t18-/m0/s1. The van der Waals surface area contributed by atoms with Gasteiger partial charge in [-0.15, -0.1) is 0 Å². The van der Waals surface area contributed by atoms with Crippen LogP contribution >= 0.6 is 0 Å². The summed E-state index contributed by atoms with van der Waals surface area (Å²) in [6.07, 6.45) is 4.30. The highest BCUT2D eigenvalue weighted by Gasteiger charge is 2.49. The third-order valence-electron chi connectivity index (χ3n) is 5.72. The van der Waals surface area contributed by atoms with Gasteiger partial charge in [0.25, 0.3) is 0 Å². The van der Waals surface area contributed by atoms with Crippen molar-refractivity contribution < 1.29 is 4.79 Å². The summed E-state index contributed by atoms with van der Waals surface area (Å²) in [6, 6.07) is 10.2. The average Bonchev–Trinajstić information content (AvgIpc) is 3.24. The average molecular weight is 316 g/mol. The number of amides is 1. The Labute approximate surface area is 139 Å². The van der Waals surface area contributed by atoms with Gasteiger partial charge < -0.3 is 10.6 Å². The van der Waals surface area contributed by atoms with Crippen molar-refractivity contribution in [2.45, 2.75) is 30.6 Å². The number of carbonyl (C=O) groups excluding carboxylic acids is 1. The number of nitriles is 1. The van der Waals surface area contributed by atoms with Crippen molar-refractivity contribution in [3.63, 3.8) is 0 Å². The van der Waals surface area contributed by atoms with Gasteiger partial charge in [0.15, 0.2) is 5.41 Å². The Balaban J connectivity index is 1.63. The number of nitrogens with one attached hydrogen (secondary N) is 2. The number of nitrogens with zero attached hydrogens (tertiary/aromatic N) is 2. The highest BCUT2D eigenvalue weighted by atomic mass is 16.2. The highest BCUT2D eigenvalue weighted by molar-refractivity contribution is 6.08. The first-order valence-corrected chi connectivity index (χ1v) is 8.18. The number of rotatable bonds is 1. The first-order chi connectivity index (χ1) is 11.6. The maximum absolute atomic E-state index is 12.1. The summed E-state index contributed by atoms with van der Waals surface area (Å²) in [6.45, 7) is 2.65. The summed E-state index contributed by atoms with van der Waals surface area (Å²) >= 11 is 0. The first kappa shape index (κ1) is 13.6. The fourth-order valence-corrected chi connectivity index (χ4v) is 3.84. The second-order valence-electron chi connectivity index (χ2n) is 7.21. The zero-order chi connectivity index (χ0) is 16.5. The molecule has 5 rings (SSSR count). The van der Waals surface area contributed by atoms with Crippen LogP contribution in [0, 0.1) is 11.3 Å². The van der Waals surface area contributed by atoms with Crippen LogP contribution in [-0.4, -0.2) is 17.4 Å². The molecule has 3 heterocycles. The van der Waals surface area contributed by atoms with Crippen molar-refractivity contribution in [1.29, 1.82) is 5.26 Å². The molecule has 0 unspecified atom stereocenters. The number of fused-ring (bicyclic) bond motifs is 3. The number of carbonyl (C=O) groups is 1. The van der Waals surface area contributed by atoms with Crippen LogP contribution in [0.4, 0.5) is 11.5 Å². The van der Waals surface area contributed by atoms with Gasteiger partial charge in [0, 0.05) is 40.5 Å². The third-order valence-corrected chi connectivity index (χ3v) is 5.72. The molecule has 1 fully saturated rings. The van der Waals surface area contributed by atoms with E-state index in [-0.39, 0.29) is 11.3 Å². The number of benzene rings is 1. The lowest BCUT2D eigenvalue weighted by atomic mass is 9.84. The molecule has 2 N–H and O–H groups in total. The Morgan fingerprint density at radius 2 is 2.00 bits per heavy atom. The lowest BCUT2D eigenvalue weighted by molar-refractivity contribution is -0.118. The van der Waals surface area contributed by atoms with Gasteiger partial charge in [0.1, 0.15) is 5.82 Å². The van der Waals surface area contributed by atoms with E-state index in [1.54, 1.807) is 6.92 Å². The van der Waals surface area contributed by atoms with Crippen LogP contribution in [0.25, 0.3) is 11.1 Å². The van der Waals surface area contributed by atoms with Crippen LogP contribution in [0.1, 0.15) is 30.9 Å². The molecule has 2 aliphatic heterocycles. The molecule has 118 valence electrons. The predicted octanol–water partition coefficient (Wildman–Crippen LogP) is 2.94. The van der Waals surface area contributed by atoms with Crippen LogP contribution in [0.2, 0.25) is 0 Å². The van der Waals surface area contributed by atoms with E-state index in [0.717, 1.165) is 34.7 Å². The quantitative estimate of drug-likeness (QED) is 0.848. The fraction of sp³-hybridized carbons (Fsp3) is 0.316. The largest absolute Gasteiger partial charge is 0.369 e.